The molecule has 0 radical (unpaired) electrons. The maximum Gasteiger partial charge on any atom is 0.256 e. The Bertz CT molecular complexity index is 1030. The molecule has 2 aromatic carbocycles. The Morgan fingerprint density at radius 1 is 0.941 bits per heavy atom. The molecule has 0 spiro atoms. The lowest BCUT2D eigenvalue weighted by atomic mass is 9.77. The van der Waals surface area contributed by atoms with Crippen LogP contribution in [0.4, 0.5) is 13.2 Å². The van der Waals surface area contributed by atoms with Gasteiger partial charge >= 0.3 is 0 Å². The van der Waals surface area contributed by atoms with Gasteiger partial charge in [-0.05, 0) is 49.2 Å². The number of amides is 2. The average molecular weight is 476 g/mol. The first kappa shape index (κ1) is 24.1. The van der Waals surface area contributed by atoms with Crippen LogP contribution in [0.25, 0.3) is 0 Å². The molecule has 0 saturated carbocycles. The summed E-state index contributed by atoms with van der Waals surface area (Å²) in [6.45, 7) is 2.64. The van der Waals surface area contributed by atoms with Crippen molar-refractivity contribution < 1.29 is 32.2 Å². The van der Waals surface area contributed by atoms with Crippen molar-refractivity contribution in [2.45, 2.75) is 19.3 Å². The first-order valence-electron chi connectivity index (χ1n) is 11.3. The topological polar surface area (TPSA) is 59.1 Å². The SMILES string of the molecule is O=C(C[C@]1(COc2ccc(F)cc2)CCCN(C(=O)c2ccc(F)cc2F)C1)N1CCOCC1. The minimum atomic E-state index is -0.923. The van der Waals surface area contributed by atoms with E-state index in [1.165, 1.54) is 29.2 Å². The Labute approximate surface area is 196 Å². The third-order valence-electron chi connectivity index (χ3n) is 6.36. The molecule has 6 nitrogen and oxygen atoms in total. The smallest absolute Gasteiger partial charge is 0.256 e. The second kappa shape index (κ2) is 10.5. The van der Waals surface area contributed by atoms with Crippen LogP contribution in [0.5, 0.6) is 5.75 Å². The van der Waals surface area contributed by atoms with Crippen molar-refractivity contribution >= 4 is 11.8 Å². The molecule has 2 aromatic rings. The lowest BCUT2D eigenvalue weighted by Crippen LogP contribution is -2.52. The van der Waals surface area contributed by atoms with E-state index in [1.807, 2.05) is 0 Å². The summed E-state index contributed by atoms with van der Waals surface area (Å²) >= 11 is 0. The Hall–Kier alpha value is -3.07. The lowest BCUT2D eigenvalue weighted by Gasteiger charge is -2.43. The van der Waals surface area contributed by atoms with Crippen LogP contribution in [0.2, 0.25) is 0 Å². The number of morpholine rings is 1. The fourth-order valence-electron chi connectivity index (χ4n) is 4.54. The van der Waals surface area contributed by atoms with Gasteiger partial charge in [0.15, 0.2) is 0 Å². The molecular formula is C25H27F3N2O4. The van der Waals surface area contributed by atoms with Crippen LogP contribution < -0.4 is 4.74 Å². The molecule has 1 atom stereocenters. The van der Waals surface area contributed by atoms with Crippen molar-refractivity contribution in [2.75, 3.05) is 46.0 Å². The summed E-state index contributed by atoms with van der Waals surface area (Å²) in [4.78, 5) is 29.5. The molecule has 0 bridgehead atoms. The molecule has 0 aliphatic carbocycles. The van der Waals surface area contributed by atoms with Gasteiger partial charge in [0.2, 0.25) is 5.91 Å². The van der Waals surface area contributed by atoms with Crippen LogP contribution in [0, 0.1) is 22.9 Å². The highest BCUT2D eigenvalue weighted by atomic mass is 19.1. The van der Waals surface area contributed by atoms with Crippen molar-refractivity contribution in [2.24, 2.45) is 5.41 Å². The fourth-order valence-corrected chi connectivity index (χ4v) is 4.54. The minimum Gasteiger partial charge on any atom is -0.493 e. The number of benzene rings is 2. The van der Waals surface area contributed by atoms with E-state index in [2.05, 4.69) is 0 Å². The van der Waals surface area contributed by atoms with Gasteiger partial charge in [0.1, 0.15) is 23.2 Å². The summed E-state index contributed by atoms with van der Waals surface area (Å²) in [6.07, 6.45) is 1.36. The number of carbonyl (C=O) groups is 2. The Kier molecular flexibility index (Phi) is 7.41. The van der Waals surface area contributed by atoms with E-state index < -0.39 is 23.0 Å². The highest BCUT2D eigenvalue weighted by Crippen LogP contribution is 2.36. The van der Waals surface area contributed by atoms with Crippen LogP contribution in [0.3, 0.4) is 0 Å². The molecular weight excluding hydrogens is 449 g/mol. The maximum atomic E-state index is 14.3. The summed E-state index contributed by atoms with van der Waals surface area (Å²) in [7, 11) is 0. The van der Waals surface area contributed by atoms with Crippen LogP contribution in [-0.4, -0.2) is 67.6 Å². The standard InChI is InChI=1S/C25H27F3N2O4/c26-18-2-5-20(6-3-18)34-17-25(15-23(31)29-10-12-33-13-11-29)8-1-9-30(16-25)24(32)21-7-4-19(27)14-22(21)28/h2-7,14H,1,8-13,15-17H2/t25-/m1/s1. The molecule has 34 heavy (non-hydrogen) atoms. The third-order valence-corrected chi connectivity index (χ3v) is 6.36. The van der Waals surface area contributed by atoms with Gasteiger partial charge in [0.25, 0.3) is 5.91 Å². The first-order valence-corrected chi connectivity index (χ1v) is 11.3. The number of likely N-dealkylation sites (tertiary alicyclic amines) is 1. The Balaban J connectivity index is 1.54. The van der Waals surface area contributed by atoms with Gasteiger partial charge in [-0.3, -0.25) is 9.59 Å². The van der Waals surface area contributed by atoms with Gasteiger partial charge in [-0.25, -0.2) is 13.2 Å². The molecule has 0 aromatic heterocycles. The number of carbonyl (C=O) groups excluding carboxylic acids is 2. The van der Waals surface area contributed by atoms with Crippen molar-refractivity contribution in [3.63, 3.8) is 0 Å². The highest BCUT2D eigenvalue weighted by Gasteiger charge is 2.41. The number of nitrogens with zero attached hydrogens (tertiary/aromatic N) is 2. The van der Waals surface area contributed by atoms with Gasteiger partial charge in [-0.2, -0.15) is 0 Å². The van der Waals surface area contributed by atoms with E-state index in [9.17, 15) is 22.8 Å². The van der Waals surface area contributed by atoms with E-state index >= 15 is 0 Å². The van der Waals surface area contributed by atoms with Gasteiger partial charge in [0.05, 0.1) is 25.4 Å². The highest BCUT2D eigenvalue weighted by molar-refractivity contribution is 5.94. The van der Waals surface area contributed by atoms with Crippen LogP contribution >= 0.6 is 0 Å². The Morgan fingerprint density at radius 2 is 1.65 bits per heavy atom. The maximum absolute atomic E-state index is 14.3. The molecule has 2 aliphatic rings. The summed E-state index contributed by atoms with van der Waals surface area (Å²) < 4.78 is 52.2. The van der Waals surface area contributed by atoms with Crippen molar-refractivity contribution in [3.05, 3.63) is 65.5 Å². The van der Waals surface area contributed by atoms with E-state index in [4.69, 9.17) is 9.47 Å². The zero-order chi connectivity index (χ0) is 24.1. The number of piperidine rings is 1. The zero-order valence-electron chi connectivity index (χ0n) is 18.8. The van der Waals surface area contributed by atoms with Gasteiger partial charge < -0.3 is 19.3 Å². The molecule has 0 N–H and O–H groups in total. The third kappa shape index (κ3) is 5.70. The molecule has 9 heteroatoms. The summed E-state index contributed by atoms with van der Waals surface area (Å²) in [5.41, 5.74) is -0.926. The predicted octanol–water partition coefficient (Wildman–Crippen LogP) is 3.65. The largest absolute Gasteiger partial charge is 0.493 e. The van der Waals surface area contributed by atoms with Crippen LogP contribution in [0.1, 0.15) is 29.6 Å². The van der Waals surface area contributed by atoms with E-state index in [0.29, 0.717) is 57.5 Å². The van der Waals surface area contributed by atoms with Gasteiger partial charge in [-0.1, -0.05) is 0 Å². The molecule has 182 valence electrons. The van der Waals surface area contributed by atoms with Crippen LogP contribution in [0.15, 0.2) is 42.5 Å². The predicted molar refractivity (Wildman–Crippen MR) is 118 cm³/mol. The number of rotatable bonds is 6. The van der Waals surface area contributed by atoms with Gasteiger partial charge in [-0.15, -0.1) is 0 Å². The van der Waals surface area contributed by atoms with Gasteiger partial charge in [0, 0.05) is 44.1 Å². The van der Waals surface area contributed by atoms with Crippen LogP contribution in [-0.2, 0) is 9.53 Å². The van der Waals surface area contributed by atoms with Crippen molar-refractivity contribution in [1.82, 2.24) is 9.80 Å². The number of ether oxygens (including phenoxy) is 2. The van der Waals surface area contributed by atoms with Crippen molar-refractivity contribution in [3.8, 4) is 5.75 Å². The molecule has 2 fully saturated rings. The molecule has 0 unspecified atom stereocenters. The lowest BCUT2D eigenvalue weighted by molar-refractivity contribution is -0.139. The second-order valence-corrected chi connectivity index (χ2v) is 8.87. The average Bonchev–Trinajstić information content (AvgIpc) is 2.84. The number of hydrogen-bond donors (Lipinski definition) is 0. The monoisotopic (exact) mass is 476 g/mol. The number of halogens is 3. The minimum absolute atomic E-state index is 0.0618. The second-order valence-electron chi connectivity index (χ2n) is 8.87. The summed E-state index contributed by atoms with van der Waals surface area (Å²) in [5, 5.41) is 0. The molecule has 4 rings (SSSR count). The fraction of sp³-hybridized carbons (Fsp3) is 0.440. The van der Waals surface area contributed by atoms with E-state index in [0.717, 1.165) is 12.1 Å². The molecule has 2 saturated heterocycles. The zero-order valence-corrected chi connectivity index (χ0v) is 18.8. The Morgan fingerprint density at radius 3 is 2.35 bits per heavy atom. The normalized spacial score (nSPS) is 20.8. The summed E-state index contributed by atoms with van der Waals surface area (Å²) in [5.74, 6) is -2.23. The van der Waals surface area contributed by atoms with E-state index in [-0.39, 0.29) is 36.9 Å². The molecule has 2 amide bonds. The first-order chi connectivity index (χ1) is 16.3. The summed E-state index contributed by atoms with van der Waals surface area (Å²) in [6, 6.07) is 8.46. The molecule has 2 aliphatic heterocycles. The molecule has 2 heterocycles. The van der Waals surface area contributed by atoms with E-state index in [1.54, 1.807) is 4.90 Å². The quantitative estimate of drug-likeness (QED) is 0.639. The number of hydrogen-bond acceptors (Lipinski definition) is 4. The van der Waals surface area contributed by atoms with Crippen molar-refractivity contribution in [1.29, 1.82) is 0 Å².